The Morgan fingerprint density at radius 3 is 2.91 bits per heavy atom. The first kappa shape index (κ1) is 16.4. The van der Waals surface area contributed by atoms with Gasteiger partial charge in [0, 0.05) is 25.2 Å². The van der Waals surface area contributed by atoms with Crippen molar-refractivity contribution >= 4 is 10.0 Å². The van der Waals surface area contributed by atoms with E-state index in [1.165, 1.54) is 6.42 Å². The van der Waals surface area contributed by atoms with Crippen LogP contribution in [0.25, 0.3) is 0 Å². The second-order valence-corrected chi connectivity index (χ2v) is 8.41. The molecular formula is C17H23N3O2S. The van der Waals surface area contributed by atoms with Crippen molar-refractivity contribution in [2.45, 2.75) is 44.0 Å². The summed E-state index contributed by atoms with van der Waals surface area (Å²) in [5, 5.41) is 8.98. The van der Waals surface area contributed by atoms with Gasteiger partial charge in [-0.05, 0) is 43.5 Å². The first-order valence-electron chi connectivity index (χ1n) is 8.26. The van der Waals surface area contributed by atoms with Crippen LogP contribution in [-0.4, -0.2) is 49.3 Å². The van der Waals surface area contributed by atoms with Crippen molar-refractivity contribution in [3.05, 3.63) is 35.4 Å². The molecule has 1 aromatic carbocycles. The molecule has 3 rings (SSSR count). The molecule has 2 aliphatic heterocycles. The van der Waals surface area contributed by atoms with Gasteiger partial charge in [-0.2, -0.15) is 9.57 Å². The Morgan fingerprint density at radius 2 is 2.17 bits per heavy atom. The van der Waals surface area contributed by atoms with Gasteiger partial charge in [-0.3, -0.25) is 4.90 Å². The van der Waals surface area contributed by atoms with Crippen LogP contribution in [0.3, 0.4) is 0 Å². The third kappa shape index (κ3) is 3.42. The third-order valence-corrected chi connectivity index (χ3v) is 6.84. The minimum atomic E-state index is -3.36. The highest BCUT2D eigenvalue weighted by atomic mass is 32.2. The molecule has 0 radical (unpaired) electrons. The number of nitriles is 1. The molecule has 2 heterocycles. The van der Waals surface area contributed by atoms with Crippen molar-refractivity contribution < 1.29 is 8.42 Å². The van der Waals surface area contributed by atoms with Crippen molar-refractivity contribution in [2.75, 3.05) is 19.6 Å². The predicted octanol–water partition coefficient (Wildman–Crippen LogP) is 1.95. The largest absolute Gasteiger partial charge is 0.297 e. The number of benzene rings is 1. The molecule has 0 N–H and O–H groups in total. The van der Waals surface area contributed by atoms with E-state index in [4.69, 9.17) is 5.26 Å². The molecular weight excluding hydrogens is 310 g/mol. The molecule has 5 nitrogen and oxygen atoms in total. The summed E-state index contributed by atoms with van der Waals surface area (Å²) in [4.78, 5) is 2.44. The quantitative estimate of drug-likeness (QED) is 0.845. The Morgan fingerprint density at radius 1 is 1.35 bits per heavy atom. The van der Waals surface area contributed by atoms with Gasteiger partial charge in [-0.15, -0.1) is 0 Å². The van der Waals surface area contributed by atoms with E-state index in [2.05, 4.69) is 17.9 Å². The van der Waals surface area contributed by atoms with E-state index in [1.54, 1.807) is 28.6 Å². The first-order chi connectivity index (χ1) is 11.0. The van der Waals surface area contributed by atoms with Gasteiger partial charge >= 0.3 is 0 Å². The lowest BCUT2D eigenvalue weighted by atomic mass is 10.1. The van der Waals surface area contributed by atoms with Gasteiger partial charge in [0.15, 0.2) is 0 Å². The van der Waals surface area contributed by atoms with Crippen LogP contribution < -0.4 is 0 Å². The highest BCUT2D eigenvalue weighted by molar-refractivity contribution is 7.88. The zero-order valence-corrected chi connectivity index (χ0v) is 14.3. The van der Waals surface area contributed by atoms with Crippen LogP contribution >= 0.6 is 0 Å². The van der Waals surface area contributed by atoms with Crippen LogP contribution in [0.2, 0.25) is 0 Å². The molecule has 6 heteroatoms. The maximum atomic E-state index is 12.9. The Balaban J connectivity index is 1.81. The van der Waals surface area contributed by atoms with Crippen molar-refractivity contribution in [3.63, 3.8) is 0 Å². The number of hydrogen-bond donors (Lipinski definition) is 0. The number of piperazine rings is 1. The molecule has 23 heavy (non-hydrogen) atoms. The molecule has 0 bridgehead atoms. The topological polar surface area (TPSA) is 64.4 Å². The van der Waals surface area contributed by atoms with E-state index in [9.17, 15) is 8.42 Å². The van der Waals surface area contributed by atoms with Crippen LogP contribution in [0, 0.1) is 11.3 Å². The normalized spacial score (nSPS) is 25.9. The Bertz CT molecular complexity index is 711. The molecule has 0 saturated carbocycles. The summed E-state index contributed by atoms with van der Waals surface area (Å²) < 4.78 is 27.6. The summed E-state index contributed by atoms with van der Waals surface area (Å²) in [5.41, 5.74) is 1.19. The average Bonchev–Trinajstić information content (AvgIpc) is 3.00. The van der Waals surface area contributed by atoms with Gasteiger partial charge < -0.3 is 0 Å². The monoisotopic (exact) mass is 333 g/mol. The van der Waals surface area contributed by atoms with Crippen molar-refractivity contribution in [2.24, 2.45) is 0 Å². The average molecular weight is 333 g/mol. The number of rotatable bonds is 4. The van der Waals surface area contributed by atoms with E-state index in [0.29, 0.717) is 23.7 Å². The lowest BCUT2D eigenvalue weighted by Gasteiger charge is -2.42. The van der Waals surface area contributed by atoms with Crippen molar-refractivity contribution in [3.8, 4) is 6.07 Å². The second-order valence-electron chi connectivity index (χ2n) is 6.49. The smallest absolute Gasteiger partial charge is 0.218 e. The third-order valence-electron chi connectivity index (χ3n) is 4.98. The Hall–Kier alpha value is -1.42. The van der Waals surface area contributed by atoms with E-state index in [0.717, 1.165) is 25.9 Å². The van der Waals surface area contributed by atoms with Gasteiger partial charge in [0.05, 0.1) is 17.4 Å². The lowest BCUT2D eigenvalue weighted by Crippen LogP contribution is -2.57. The summed E-state index contributed by atoms with van der Waals surface area (Å²) >= 11 is 0. The maximum absolute atomic E-state index is 12.9. The molecule has 2 fully saturated rings. The van der Waals surface area contributed by atoms with Gasteiger partial charge in [-0.1, -0.05) is 19.1 Å². The van der Waals surface area contributed by atoms with Crippen LogP contribution in [0.4, 0.5) is 0 Å². The minimum Gasteiger partial charge on any atom is -0.297 e. The van der Waals surface area contributed by atoms with Crippen molar-refractivity contribution in [1.29, 1.82) is 5.26 Å². The van der Waals surface area contributed by atoms with E-state index < -0.39 is 10.0 Å². The van der Waals surface area contributed by atoms with Crippen LogP contribution in [0.1, 0.15) is 37.3 Å². The minimum absolute atomic E-state index is 0.0221. The Labute approximate surface area is 138 Å². The zero-order chi connectivity index (χ0) is 16.4. The molecule has 0 spiro atoms. The van der Waals surface area contributed by atoms with Crippen molar-refractivity contribution in [1.82, 2.24) is 9.21 Å². The van der Waals surface area contributed by atoms with Gasteiger partial charge in [0.25, 0.3) is 0 Å². The molecule has 2 atom stereocenters. The van der Waals surface area contributed by atoms with Crippen LogP contribution in [-0.2, 0) is 15.8 Å². The van der Waals surface area contributed by atoms with Gasteiger partial charge in [0.1, 0.15) is 0 Å². The molecule has 124 valence electrons. The number of sulfonamides is 1. The fourth-order valence-electron chi connectivity index (χ4n) is 3.76. The van der Waals surface area contributed by atoms with E-state index >= 15 is 0 Å². The molecule has 0 amide bonds. The SMILES string of the molecule is CCC1CN2CCCC2CN1S(=O)(=O)Cc1cccc(C#N)c1. The summed E-state index contributed by atoms with van der Waals surface area (Å²) in [6.45, 7) is 4.61. The number of fused-ring (bicyclic) bond motifs is 1. The van der Waals surface area contributed by atoms with Crippen LogP contribution in [0.5, 0.6) is 0 Å². The van der Waals surface area contributed by atoms with E-state index in [1.807, 2.05) is 0 Å². The molecule has 0 aliphatic carbocycles. The summed E-state index contributed by atoms with van der Waals surface area (Å²) in [6.07, 6.45) is 3.09. The fourth-order valence-corrected chi connectivity index (χ4v) is 5.59. The predicted molar refractivity (Wildman–Crippen MR) is 89.2 cm³/mol. The van der Waals surface area contributed by atoms with E-state index in [-0.39, 0.29) is 11.8 Å². The summed E-state index contributed by atoms with van der Waals surface area (Å²) in [7, 11) is -3.36. The second kappa shape index (κ2) is 6.60. The summed E-state index contributed by atoms with van der Waals surface area (Å²) in [6, 6.07) is 9.40. The lowest BCUT2D eigenvalue weighted by molar-refractivity contribution is 0.106. The number of hydrogen-bond acceptors (Lipinski definition) is 4. The molecule has 0 aromatic heterocycles. The maximum Gasteiger partial charge on any atom is 0.218 e. The molecule has 2 aliphatic rings. The van der Waals surface area contributed by atoms with Gasteiger partial charge in [-0.25, -0.2) is 8.42 Å². The van der Waals surface area contributed by atoms with Crippen LogP contribution in [0.15, 0.2) is 24.3 Å². The standard InChI is InChI=1S/C17H23N3O2S/c1-2-16-11-19-8-4-7-17(19)12-20(16)23(21,22)13-15-6-3-5-14(9-15)10-18/h3,5-6,9,16-17H,2,4,7-8,11-13H2,1H3. The first-order valence-corrected chi connectivity index (χ1v) is 9.87. The highest BCUT2D eigenvalue weighted by Gasteiger charge is 2.40. The molecule has 2 unspecified atom stereocenters. The highest BCUT2D eigenvalue weighted by Crippen LogP contribution is 2.28. The number of nitrogens with zero attached hydrogens (tertiary/aromatic N) is 3. The van der Waals surface area contributed by atoms with Gasteiger partial charge in [0.2, 0.25) is 10.0 Å². The molecule has 1 aromatic rings. The zero-order valence-electron chi connectivity index (χ0n) is 13.5. The Kier molecular flexibility index (Phi) is 4.72. The fraction of sp³-hybridized carbons (Fsp3) is 0.588. The molecule has 2 saturated heterocycles. The summed E-state index contributed by atoms with van der Waals surface area (Å²) in [5.74, 6) is -0.0221.